The third kappa shape index (κ3) is 4.38. The minimum absolute atomic E-state index is 0.333. The molecule has 5 nitrogen and oxygen atoms in total. The first kappa shape index (κ1) is 17.7. The fourth-order valence-electron chi connectivity index (χ4n) is 1.35. The molecule has 1 unspecified atom stereocenters. The van der Waals surface area contributed by atoms with Gasteiger partial charge in [-0.1, -0.05) is 0 Å². The van der Waals surface area contributed by atoms with Crippen LogP contribution in [0.2, 0.25) is 0 Å². The van der Waals surface area contributed by atoms with Crippen LogP contribution in [0.5, 0.6) is 0 Å². The van der Waals surface area contributed by atoms with Crippen molar-refractivity contribution in [1.29, 1.82) is 0 Å². The molecule has 0 heterocycles. The monoisotopic (exact) mass is 284 g/mol. The van der Waals surface area contributed by atoms with E-state index >= 15 is 0 Å². The van der Waals surface area contributed by atoms with Gasteiger partial charge in [-0.05, 0) is 27.7 Å². The number of hydrogen-bond donors (Lipinski definition) is 2. The molecule has 0 aliphatic carbocycles. The van der Waals surface area contributed by atoms with Crippen molar-refractivity contribution in [2.75, 3.05) is 6.54 Å². The molecule has 0 saturated carbocycles. The zero-order valence-electron chi connectivity index (χ0n) is 11.3. The van der Waals surface area contributed by atoms with Gasteiger partial charge in [-0.25, -0.2) is 0 Å². The van der Waals surface area contributed by atoms with Crippen molar-refractivity contribution >= 4 is 11.9 Å². The van der Waals surface area contributed by atoms with E-state index < -0.39 is 35.6 Å². The average Bonchev–Trinajstić information content (AvgIpc) is 2.12. The quantitative estimate of drug-likeness (QED) is 0.816. The van der Waals surface area contributed by atoms with Crippen molar-refractivity contribution in [1.82, 2.24) is 4.90 Å². The van der Waals surface area contributed by atoms with Crippen LogP contribution in [0.1, 0.15) is 34.1 Å². The van der Waals surface area contributed by atoms with Crippen LogP contribution in [0.3, 0.4) is 0 Å². The standard InChI is InChI=1S/C11H19F3N2O3/c1-9(2,3)16(6-5-7(17)18)8(19)10(4,15)11(12,13)14/h5-6,15H2,1-4H3,(H,17,18). The summed E-state index contributed by atoms with van der Waals surface area (Å²) < 4.78 is 38.2. The largest absolute Gasteiger partial charge is 0.481 e. The zero-order chi connectivity index (χ0) is 15.6. The van der Waals surface area contributed by atoms with E-state index in [0.29, 0.717) is 6.92 Å². The molecule has 8 heteroatoms. The number of carboxylic acid groups (broad SMARTS) is 1. The lowest BCUT2D eigenvalue weighted by molar-refractivity contribution is -0.196. The summed E-state index contributed by atoms with van der Waals surface area (Å²) in [5.74, 6) is -2.54. The van der Waals surface area contributed by atoms with Gasteiger partial charge in [0.25, 0.3) is 5.91 Å². The van der Waals surface area contributed by atoms with Gasteiger partial charge < -0.3 is 15.7 Å². The molecule has 0 aromatic heterocycles. The van der Waals surface area contributed by atoms with E-state index in [2.05, 4.69) is 0 Å². The molecule has 0 aliphatic rings. The maximum atomic E-state index is 12.7. The first-order chi connectivity index (χ1) is 8.21. The molecule has 0 aromatic rings. The van der Waals surface area contributed by atoms with E-state index in [1.807, 2.05) is 0 Å². The van der Waals surface area contributed by atoms with Gasteiger partial charge in [0, 0.05) is 12.1 Å². The molecule has 0 bridgehead atoms. The van der Waals surface area contributed by atoms with Crippen molar-refractivity contribution in [3.63, 3.8) is 0 Å². The fourth-order valence-corrected chi connectivity index (χ4v) is 1.35. The first-order valence-electron chi connectivity index (χ1n) is 5.60. The highest BCUT2D eigenvalue weighted by atomic mass is 19.4. The second-order valence-corrected chi connectivity index (χ2v) is 5.47. The lowest BCUT2D eigenvalue weighted by Crippen LogP contribution is -2.65. The van der Waals surface area contributed by atoms with E-state index in [-0.39, 0.29) is 6.54 Å². The number of alkyl halides is 3. The van der Waals surface area contributed by atoms with Gasteiger partial charge in [-0.2, -0.15) is 13.2 Å². The Morgan fingerprint density at radius 3 is 1.84 bits per heavy atom. The van der Waals surface area contributed by atoms with Gasteiger partial charge in [-0.15, -0.1) is 0 Å². The highest BCUT2D eigenvalue weighted by Crippen LogP contribution is 2.31. The van der Waals surface area contributed by atoms with Gasteiger partial charge >= 0.3 is 12.1 Å². The van der Waals surface area contributed by atoms with Gasteiger partial charge in [0.1, 0.15) is 0 Å². The molecule has 1 atom stereocenters. The highest BCUT2D eigenvalue weighted by Gasteiger charge is 2.56. The molecule has 0 saturated heterocycles. The summed E-state index contributed by atoms with van der Waals surface area (Å²) in [7, 11) is 0. The van der Waals surface area contributed by atoms with Crippen LogP contribution in [0, 0.1) is 0 Å². The normalized spacial score (nSPS) is 15.8. The number of hydrogen-bond acceptors (Lipinski definition) is 3. The Balaban J connectivity index is 5.29. The number of aliphatic carboxylic acids is 1. The van der Waals surface area contributed by atoms with Crippen molar-refractivity contribution in [3.8, 4) is 0 Å². The Hall–Kier alpha value is -1.31. The molecule has 0 rings (SSSR count). The molecule has 19 heavy (non-hydrogen) atoms. The first-order valence-corrected chi connectivity index (χ1v) is 5.60. The van der Waals surface area contributed by atoms with Crippen LogP contribution in [-0.2, 0) is 9.59 Å². The fraction of sp³-hybridized carbons (Fsp3) is 0.818. The van der Waals surface area contributed by atoms with Crippen LogP contribution >= 0.6 is 0 Å². The van der Waals surface area contributed by atoms with Crippen molar-refractivity contribution < 1.29 is 27.9 Å². The number of halogens is 3. The lowest BCUT2D eigenvalue weighted by atomic mass is 9.96. The molecular weight excluding hydrogens is 265 g/mol. The molecule has 0 aromatic carbocycles. The molecule has 0 fully saturated rings. The molecule has 1 amide bonds. The van der Waals surface area contributed by atoms with Crippen LogP contribution < -0.4 is 5.73 Å². The Labute approximate surface area is 109 Å². The van der Waals surface area contributed by atoms with Gasteiger partial charge in [-0.3, -0.25) is 9.59 Å². The van der Waals surface area contributed by atoms with Gasteiger partial charge in [0.05, 0.1) is 6.42 Å². The van der Waals surface area contributed by atoms with Crippen LogP contribution in [0.25, 0.3) is 0 Å². The van der Waals surface area contributed by atoms with E-state index in [0.717, 1.165) is 4.90 Å². The number of carbonyl (C=O) groups is 2. The highest BCUT2D eigenvalue weighted by molar-refractivity contribution is 5.87. The maximum absolute atomic E-state index is 12.7. The SMILES string of the molecule is CC(C)(C)N(CCC(=O)O)C(=O)C(C)(N)C(F)(F)F. The van der Waals surface area contributed by atoms with Gasteiger partial charge in [0.2, 0.25) is 0 Å². The Morgan fingerprint density at radius 2 is 1.58 bits per heavy atom. The number of amides is 1. The summed E-state index contributed by atoms with van der Waals surface area (Å²) in [6, 6.07) is 0. The van der Waals surface area contributed by atoms with Crippen molar-refractivity contribution in [2.45, 2.75) is 51.4 Å². The van der Waals surface area contributed by atoms with Crippen molar-refractivity contribution in [3.05, 3.63) is 0 Å². The molecular formula is C11H19F3N2O3. The third-order valence-electron chi connectivity index (χ3n) is 2.64. The smallest absolute Gasteiger partial charge is 0.415 e. The van der Waals surface area contributed by atoms with E-state index in [4.69, 9.17) is 10.8 Å². The third-order valence-corrected chi connectivity index (χ3v) is 2.64. The maximum Gasteiger partial charge on any atom is 0.415 e. The van der Waals surface area contributed by atoms with Gasteiger partial charge in [0.15, 0.2) is 5.54 Å². The average molecular weight is 284 g/mol. The Kier molecular flexibility index (Phi) is 4.99. The van der Waals surface area contributed by atoms with E-state index in [9.17, 15) is 22.8 Å². The summed E-state index contributed by atoms with van der Waals surface area (Å²) >= 11 is 0. The summed E-state index contributed by atoms with van der Waals surface area (Å²) in [5.41, 5.74) is 1.07. The minimum Gasteiger partial charge on any atom is -0.481 e. The minimum atomic E-state index is -4.91. The molecule has 0 spiro atoms. The second kappa shape index (κ2) is 5.36. The van der Waals surface area contributed by atoms with Crippen LogP contribution in [0.4, 0.5) is 13.2 Å². The summed E-state index contributed by atoms with van der Waals surface area (Å²) in [6.07, 6.45) is -5.35. The lowest BCUT2D eigenvalue weighted by Gasteiger charge is -2.40. The Bertz CT molecular complexity index is 359. The second-order valence-electron chi connectivity index (χ2n) is 5.47. The number of rotatable bonds is 4. The summed E-state index contributed by atoms with van der Waals surface area (Å²) in [4.78, 5) is 23.3. The number of nitrogens with zero attached hydrogens (tertiary/aromatic N) is 1. The predicted molar refractivity (Wildman–Crippen MR) is 62.4 cm³/mol. The van der Waals surface area contributed by atoms with Crippen LogP contribution in [-0.4, -0.2) is 45.7 Å². The van der Waals surface area contributed by atoms with Crippen LogP contribution in [0.15, 0.2) is 0 Å². The molecule has 0 radical (unpaired) electrons. The Morgan fingerprint density at radius 1 is 1.16 bits per heavy atom. The number of carboxylic acids is 1. The van der Waals surface area contributed by atoms with E-state index in [1.54, 1.807) is 0 Å². The van der Waals surface area contributed by atoms with E-state index in [1.165, 1.54) is 20.8 Å². The predicted octanol–water partition coefficient (Wildman–Crippen LogP) is 1.37. The number of carbonyl (C=O) groups excluding carboxylic acids is 1. The zero-order valence-corrected chi connectivity index (χ0v) is 11.3. The van der Waals surface area contributed by atoms with Crippen molar-refractivity contribution in [2.24, 2.45) is 5.73 Å². The summed E-state index contributed by atoms with van der Waals surface area (Å²) in [6.45, 7) is 4.78. The molecule has 3 N–H and O–H groups in total. The molecule has 112 valence electrons. The topological polar surface area (TPSA) is 83.6 Å². The molecule has 0 aliphatic heterocycles. The number of nitrogens with two attached hydrogens (primary N) is 1. The summed E-state index contributed by atoms with van der Waals surface area (Å²) in [5, 5.41) is 8.58.